The van der Waals surface area contributed by atoms with Gasteiger partial charge in [0.25, 0.3) is 0 Å². The zero-order valence-electron chi connectivity index (χ0n) is 15.2. The lowest BCUT2D eigenvalue weighted by atomic mass is 10.1. The molecule has 0 saturated carbocycles. The summed E-state index contributed by atoms with van der Waals surface area (Å²) in [5.74, 6) is 0. The Morgan fingerprint density at radius 3 is 1.62 bits per heavy atom. The first-order chi connectivity index (χ1) is 12.0. The summed E-state index contributed by atoms with van der Waals surface area (Å²) in [6.45, 7) is 2.23. The lowest BCUT2D eigenvalue weighted by Crippen LogP contribution is -2.04. The van der Waals surface area contributed by atoms with Gasteiger partial charge in [0.15, 0.2) is 0 Å². The summed E-state index contributed by atoms with van der Waals surface area (Å²) in [4.78, 5) is 0. The maximum atomic E-state index is 10.1. The van der Waals surface area contributed by atoms with E-state index in [9.17, 15) is 8.42 Å². The van der Waals surface area contributed by atoms with Crippen LogP contribution in [-0.2, 0) is 14.6 Å². The van der Waals surface area contributed by atoms with Gasteiger partial charge in [-0.2, -0.15) is 8.42 Å². The predicted molar refractivity (Wildman–Crippen MR) is 118 cm³/mol. The molecule has 0 saturated heterocycles. The van der Waals surface area contributed by atoms with Crippen LogP contribution in [0.25, 0.3) is 11.1 Å². The molecule has 6 heteroatoms. The molecule has 0 aliphatic carbocycles. The zero-order valence-corrected chi connectivity index (χ0v) is 18.4. The number of halogens is 1. The van der Waals surface area contributed by atoms with Crippen molar-refractivity contribution in [2.24, 2.45) is 0 Å². The molecule has 0 fully saturated rings. The summed E-state index contributed by atoms with van der Waals surface area (Å²) in [6.07, 6.45) is 6.34. The third-order valence-corrected chi connectivity index (χ3v) is 4.08. The quantitative estimate of drug-likeness (QED) is 0.260. The van der Waals surface area contributed by atoms with E-state index in [2.05, 4.69) is 59.6 Å². The zero-order chi connectivity index (χ0) is 18.4. The van der Waals surface area contributed by atoms with Gasteiger partial charge in [0.05, 0.1) is 6.61 Å². The molecule has 26 heavy (non-hydrogen) atoms. The molecule has 0 aliphatic rings. The maximum absolute atomic E-state index is 10.1. The van der Waals surface area contributed by atoms with E-state index in [1.807, 2.05) is 12.1 Å². The van der Waals surface area contributed by atoms with E-state index in [0.717, 1.165) is 12.8 Å². The van der Waals surface area contributed by atoms with E-state index in [-0.39, 0.29) is 30.6 Å². The van der Waals surface area contributed by atoms with Gasteiger partial charge in [0.1, 0.15) is 0 Å². The van der Waals surface area contributed by atoms with Crippen LogP contribution in [0.15, 0.2) is 60.7 Å². The Labute approximate surface area is 175 Å². The Bertz CT molecular complexity index is 623. The average Bonchev–Trinajstić information content (AvgIpc) is 2.62. The highest BCUT2D eigenvalue weighted by Gasteiger charge is 2.02. The van der Waals surface area contributed by atoms with Gasteiger partial charge in [-0.1, -0.05) is 99.7 Å². The van der Waals surface area contributed by atoms with Crippen LogP contribution in [0.4, 0.5) is 0 Å². The van der Waals surface area contributed by atoms with Crippen LogP contribution in [0.1, 0.15) is 45.4 Å². The normalized spacial score (nSPS) is 10.4. The van der Waals surface area contributed by atoms with Crippen molar-refractivity contribution in [3.8, 4) is 11.1 Å². The van der Waals surface area contributed by atoms with E-state index in [0.29, 0.717) is 6.42 Å². The Hall–Kier alpha value is -0.960. The lowest BCUT2D eigenvalue weighted by Gasteiger charge is -2.00. The SMILES string of the molecule is CCCCCCCCOS(=O)(=O)O.I.c1ccc(-c2ccccc2)cc1. The van der Waals surface area contributed by atoms with Crippen molar-refractivity contribution in [3.05, 3.63) is 60.7 Å². The van der Waals surface area contributed by atoms with Crippen LogP contribution in [0.5, 0.6) is 0 Å². The van der Waals surface area contributed by atoms with Crippen molar-refractivity contribution < 1.29 is 17.2 Å². The summed E-state index contributed by atoms with van der Waals surface area (Å²) in [5, 5.41) is 0. The minimum Gasteiger partial charge on any atom is -0.264 e. The van der Waals surface area contributed by atoms with Crippen molar-refractivity contribution in [1.29, 1.82) is 0 Å². The summed E-state index contributed by atoms with van der Waals surface area (Å²) in [5.41, 5.74) is 2.55. The molecule has 0 amide bonds. The number of hydrogen-bond acceptors (Lipinski definition) is 3. The average molecular weight is 492 g/mol. The Morgan fingerprint density at radius 2 is 1.19 bits per heavy atom. The number of rotatable bonds is 9. The van der Waals surface area contributed by atoms with E-state index in [1.165, 1.54) is 30.4 Å². The smallest absolute Gasteiger partial charge is 0.264 e. The molecule has 1 N–H and O–H groups in total. The van der Waals surface area contributed by atoms with Gasteiger partial charge in [0.2, 0.25) is 0 Å². The number of unbranched alkanes of at least 4 members (excludes halogenated alkanes) is 5. The standard InChI is InChI=1S/C12H10.C8H18O4S.HI/c1-3-7-11(8-4-1)12-9-5-2-6-10-12;1-2-3-4-5-6-7-8-12-13(9,10)11;/h1-10H;2-8H2,1H3,(H,9,10,11);1H. The molecule has 0 spiro atoms. The minimum absolute atomic E-state index is 0. The summed E-state index contributed by atoms with van der Waals surface area (Å²) >= 11 is 0. The van der Waals surface area contributed by atoms with E-state index >= 15 is 0 Å². The second kappa shape index (κ2) is 15.1. The van der Waals surface area contributed by atoms with Gasteiger partial charge >= 0.3 is 10.4 Å². The molecule has 0 unspecified atom stereocenters. The second-order valence-corrected chi connectivity index (χ2v) is 6.84. The fourth-order valence-corrected chi connectivity index (χ4v) is 2.64. The molecule has 0 radical (unpaired) electrons. The van der Waals surface area contributed by atoms with Gasteiger partial charge in [-0.05, 0) is 17.5 Å². The molecule has 146 valence electrons. The molecule has 0 aliphatic heterocycles. The highest BCUT2D eigenvalue weighted by atomic mass is 127. The van der Waals surface area contributed by atoms with E-state index in [4.69, 9.17) is 4.55 Å². The monoisotopic (exact) mass is 492 g/mol. The summed E-state index contributed by atoms with van der Waals surface area (Å²) in [7, 11) is -4.22. The molecule has 2 aromatic rings. The first kappa shape index (κ1) is 25.0. The van der Waals surface area contributed by atoms with Crippen molar-refractivity contribution in [2.45, 2.75) is 45.4 Å². The van der Waals surface area contributed by atoms with Gasteiger partial charge in [-0.15, -0.1) is 24.0 Å². The molecule has 4 nitrogen and oxygen atoms in total. The maximum Gasteiger partial charge on any atom is 0.397 e. The van der Waals surface area contributed by atoms with Gasteiger partial charge in [0, 0.05) is 0 Å². The van der Waals surface area contributed by atoms with Crippen LogP contribution in [0, 0.1) is 0 Å². The summed E-state index contributed by atoms with van der Waals surface area (Å²) in [6, 6.07) is 20.8. The van der Waals surface area contributed by atoms with Gasteiger partial charge in [-0.3, -0.25) is 4.55 Å². The van der Waals surface area contributed by atoms with Crippen molar-refractivity contribution >= 4 is 34.4 Å². The topological polar surface area (TPSA) is 63.6 Å². The Morgan fingerprint density at radius 1 is 0.769 bits per heavy atom. The predicted octanol–water partition coefficient (Wildman–Crippen LogP) is 6.14. The molecule has 2 aromatic carbocycles. The van der Waals surface area contributed by atoms with Crippen LogP contribution in [0.2, 0.25) is 0 Å². The molecular formula is C20H29IO4S. The molecule has 0 heterocycles. The highest BCUT2D eigenvalue weighted by molar-refractivity contribution is 14.0. The summed E-state index contributed by atoms with van der Waals surface area (Å²) < 4.78 is 32.6. The first-order valence-corrected chi connectivity index (χ1v) is 10.1. The Kier molecular flexibility index (Phi) is 14.6. The second-order valence-electron chi connectivity index (χ2n) is 5.75. The molecule has 0 bridgehead atoms. The van der Waals surface area contributed by atoms with Crippen LogP contribution < -0.4 is 0 Å². The number of hydrogen-bond donors (Lipinski definition) is 1. The molecular weight excluding hydrogens is 463 g/mol. The first-order valence-electron chi connectivity index (χ1n) is 8.75. The van der Waals surface area contributed by atoms with Crippen LogP contribution in [-0.4, -0.2) is 19.6 Å². The Balaban J connectivity index is 0.000000463. The molecule has 2 rings (SSSR count). The molecule has 0 atom stereocenters. The highest BCUT2D eigenvalue weighted by Crippen LogP contribution is 2.17. The molecule has 0 aromatic heterocycles. The minimum atomic E-state index is -4.22. The number of benzene rings is 2. The largest absolute Gasteiger partial charge is 0.397 e. The third-order valence-electron chi connectivity index (χ3n) is 3.61. The van der Waals surface area contributed by atoms with Crippen LogP contribution >= 0.6 is 24.0 Å². The fourth-order valence-electron chi connectivity index (χ4n) is 2.31. The van der Waals surface area contributed by atoms with Crippen molar-refractivity contribution in [1.82, 2.24) is 0 Å². The van der Waals surface area contributed by atoms with Crippen LogP contribution in [0.3, 0.4) is 0 Å². The van der Waals surface area contributed by atoms with Crippen molar-refractivity contribution in [2.75, 3.05) is 6.61 Å². The van der Waals surface area contributed by atoms with Gasteiger partial charge < -0.3 is 0 Å². The third kappa shape index (κ3) is 13.3. The van der Waals surface area contributed by atoms with Crippen molar-refractivity contribution in [3.63, 3.8) is 0 Å². The van der Waals surface area contributed by atoms with E-state index in [1.54, 1.807) is 0 Å². The fraction of sp³-hybridized carbons (Fsp3) is 0.400. The van der Waals surface area contributed by atoms with E-state index < -0.39 is 10.4 Å². The lowest BCUT2D eigenvalue weighted by molar-refractivity contribution is 0.261. The van der Waals surface area contributed by atoms with Gasteiger partial charge in [-0.25, -0.2) is 4.18 Å².